The fourth-order valence-corrected chi connectivity index (χ4v) is 4.59. The van der Waals surface area contributed by atoms with E-state index in [4.69, 9.17) is 32.4 Å². The Hall–Kier alpha value is -3.36. The fraction of sp³-hybridized carbons (Fsp3) is 0.167. The third kappa shape index (κ3) is 5.35. The van der Waals surface area contributed by atoms with Gasteiger partial charge in [-0.3, -0.25) is 4.79 Å². The third-order valence-corrected chi connectivity index (χ3v) is 6.48. The van der Waals surface area contributed by atoms with E-state index < -0.39 is 11.8 Å². The van der Waals surface area contributed by atoms with Crippen LogP contribution in [0.2, 0.25) is 10.0 Å². The number of nitrogens with zero attached hydrogens (tertiary/aromatic N) is 2. The number of ether oxygens (including phenoxy) is 1. The molecule has 0 radical (unpaired) electrons. The van der Waals surface area contributed by atoms with Crippen molar-refractivity contribution in [2.45, 2.75) is 20.3 Å². The summed E-state index contributed by atoms with van der Waals surface area (Å²) in [6, 6.07) is 12.1. The standard InChI is InChI=1S/C24H16Cl2N2O4S/c1-3-31-24(30)23-13(2)18(12-28)22(33-23)10-20(29)14(11-27)8-16-5-7-21(32-16)17-9-15(25)4-6-19(17)26/h4-9H,3,10H2,1-2H3/b14-8+. The van der Waals surface area contributed by atoms with Gasteiger partial charge >= 0.3 is 5.97 Å². The van der Waals surface area contributed by atoms with Crippen molar-refractivity contribution in [3.8, 4) is 23.5 Å². The van der Waals surface area contributed by atoms with Crippen LogP contribution in [0, 0.1) is 29.6 Å². The van der Waals surface area contributed by atoms with Crippen LogP contribution in [0.5, 0.6) is 0 Å². The lowest BCUT2D eigenvalue weighted by Gasteiger charge is -2.01. The molecule has 0 bridgehead atoms. The largest absolute Gasteiger partial charge is 0.462 e. The molecule has 6 nitrogen and oxygen atoms in total. The number of nitriles is 2. The normalized spacial score (nSPS) is 11.0. The van der Waals surface area contributed by atoms with E-state index in [2.05, 4.69) is 0 Å². The van der Waals surface area contributed by atoms with E-state index >= 15 is 0 Å². The van der Waals surface area contributed by atoms with Crippen molar-refractivity contribution in [2.75, 3.05) is 6.61 Å². The van der Waals surface area contributed by atoms with E-state index in [0.29, 0.717) is 31.8 Å². The highest BCUT2D eigenvalue weighted by molar-refractivity contribution is 7.14. The molecule has 166 valence electrons. The van der Waals surface area contributed by atoms with Gasteiger partial charge < -0.3 is 9.15 Å². The van der Waals surface area contributed by atoms with Crippen LogP contribution in [0.25, 0.3) is 17.4 Å². The molecule has 0 fully saturated rings. The number of allylic oxidation sites excluding steroid dienone is 1. The van der Waals surface area contributed by atoms with Crippen molar-refractivity contribution >= 4 is 52.4 Å². The van der Waals surface area contributed by atoms with E-state index in [1.54, 1.807) is 44.2 Å². The number of carbonyl (C=O) groups is 2. The minimum Gasteiger partial charge on any atom is -0.462 e. The minimum atomic E-state index is -0.547. The zero-order valence-corrected chi connectivity index (χ0v) is 19.9. The van der Waals surface area contributed by atoms with Gasteiger partial charge in [0.1, 0.15) is 28.5 Å². The summed E-state index contributed by atoms with van der Waals surface area (Å²) in [7, 11) is 0. The van der Waals surface area contributed by atoms with Gasteiger partial charge in [0.15, 0.2) is 5.78 Å². The molecule has 0 unspecified atom stereocenters. The van der Waals surface area contributed by atoms with Gasteiger partial charge in [-0.2, -0.15) is 10.5 Å². The number of halogens is 2. The highest BCUT2D eigenvalue weighted by atomic mass is 35.5. The molecule has 0 N–H and O–H groups in total. The molecule has 1 aromatic carbocycles. The van der Waals surface area contributed by atoms with Gasteiger partial charge in [-0.1, -0.05) is 23.2 Å². The number of rotatable bonds is 7. The lowest BCUT2D eigenvalue weighted by atomic mass is 10.0. The van der Waals surface area contributed by atoms with Crippen LogP contribution >= 0.6 is 34.5 Å². The van der Waals surface area contributed by atoms with Crippen molar-refractivity contribution in [1.29, 1.82) is 10.5 Å². The maximum atomic E-state index is 12.8. The monoisotopic (exact) mass is 498 g/mol. The Labute approximate surface area is 204 Å². The van der Waals surface area contributed by atoms with Crippen molar-refractivity contribution in [3.63, 3.8) is 0 Å². The summed E-state index contributed by atoms with van der Waals surface area (Å²) in [5.41, 5.74) is 1.12. The van der Waals surface area contributed by atoms with Gasteiger partial charge in [-0.25, -0.2) is 4.79 Å². The van der Waals surface area contributed by atoms with E-state index in [-0.39, 0.29) is 34.8 Å². The lowest BCUT2D eigenvalue weighted by Crippen LogP contribution is -2.05. The quantitative estimate of drug-likeness (QED) is 0.212. The highest BCUT2D eigenvalue weighted by Gasteiger charge is 2.23. The second-order valence-electron chi connectivity index (χ2n) is 6.78. The summed E-state index contributed by atoms with van der Waals surface area (Å²) < 4.78 is 10.7. The van der Waals surface area contributed by atoms with Crippen LogP contribution in [-0.2, 0) is 16.0 Å². The molecular formula is C24H16Cl2N2O4S. The molecule has 3 aromatic rings. The van der Waals surface area contributed by atoms with Crippen molar-refractivity contribution < 1.29 is 18.7 Å². The van der Waals surface area contributed by atoms with Crippen LogP contribution in [0.3, 0.4) is 0 Å². The van der Waals surface area contributed by atoms with Crippen LogP contribution in [0.1, 0.15) is 38.4 Å². The van der Waals surface area contributed by atoms with Crippen LogP contribution in [0.4, 0.5) is 0 Å². The van der Waals surface area contributed by atoms with Crippen molar-refractivity contribution in [1.82, 2.24) is 0 Å². The number of benzene rings is 1. The van der Waals surface area contributed by atoms with Gasteiger partial charge in [0, 0.05) is 28.0 Å². The first kappa shape index (κ1) is 24.3. The van der Waals surface area contributed by atoms with E-state index in [0.717, 1.165) is 11.3 Å². The minimum absolute atomic E-state index is 0.152. The van der Waals surface area contributed by atoms with Crippen LogP contribution in [-0.4, -0.2) is 18.4 Å². The molecule has 0 saturated heterocycles. The summed E-state index contributed by atoms with van der Waals surface area (Å²) in [6.45, 7) is 3.50. The number of ketones is 1. The fourth-order valence-electron chi connectivity index (χ4n) is 3.06. The zero-order valence-electron chi connectivity index (χ0n) is 17.6. The molecule has 0 aliphatic carbocycles. The molecule has 0 aliphatic heterocycles. The Balaban J connectivity index is 1.87. The number of Topliss-reactive ketones (excluding diaryl/α,β-unsaturated/α-hetero) is 1. The number of hydrogen-bond acceptors (Lipinski definition) is 7. The summed E-state index contributed by atoms with van der Waals surface area (Å²) in [4.78, 5) is 25.6. The molecule has 2 heterocycles. The Bertz CT molecular complexity index is 1360. The molecule has 9 heteroatoms. The Morgan fingerprint density at radius 2 is 1.97 bits per heavy atom. The lowest BCUT2D eigenvalue weighted by molar-refractivity contribution is -0.114. The van der Waals surface area contributed by atoms with Crippen LogP contribution < -0.4 is 0 Å². The first-order valence-corrected chi connectivity index (χ1v) is 11.3. The molecule has 0 spiro atoms. The Morgan fingerprint density at radius 1 is 1.21 bits per heavy atom. The van der Waals surface area contributed by atoms with Crippen molar-refractivity contribution in [3.05, 3.63) is 72.6 Å². The smallest absolute Gasteiger partial charge is 0.348 e. The molecule has 33 heavy (non-hydrogen) atoms. The van der Waals surface area contributed by atoms with Crippen LogP contribution in [0.15, 0.2) is 40.3 Å². The van der Waals surface area contributed by atoms with Gasteiger partial charge in [-0.05, 0) is 49.7 Å². The van der Waals surface area contributed by atoms with E-state index in [1.807, 2.05) is 12.1 Å². The molecular weight excluding hydrogens is 483 g/mol. The summed E-state index contributed by atoms with van der Waals surface area (Å²) >= 11 is 13.2. The Kier molecular flexibility index (Phi) is 7.73. The summed E-state index contributed by atoms with van der Waals surface area (Å²) in [5.74, 6) is -0.349. The SMILES string of the molecule is CCOC(=O)c1sc(CC(=O)/C(C#N)=C/c2ccc(-c3cc(Cl)ccc3Cl)o2)c(C#N)c1C. The van der Waals surface area contributed by atoms with E-state index in [9.17, 15) is 20.1 Å². The summed E-state index contributed by atoms with van der Waals surface area (Å²) in [6.07, 6.45) is 1.12. The van der Waals surface area contributed by atoms with Crippen molar-refractivity contribution in [2.24, 2.45) is 0 Å². The average Bonchev–Trinajstić information content (AvgIpc) is 3.37. The molecule has 0 saturated carbocycles. The molecule has 0 amide bonds. The molecule has 0 aliphatic rings. The highest BCUT2D eigenvalue weighted by Crippen LogP contribution is 2.33. The average molecular weight is 499 g/mol. The van der Waals surface area contributed by atoms with Gasteiger partial charge in [0.05, 0.1) is 22.8 Å². The first-order chi connectivity index (χ1) is 15.8. The molecule has 3 rings (SSSR count). The second kappa shape index (κ2) is 10.5. The maximum absolute atomic E-state index is 12.8. The number of esters is 1. The zero-order chi connectivity index (χ0) is 24.1. The number of thiophene rings is 1. The third-order valence-electron chi connectivity index (χ3n) is 4.64. The van der Waals surface area contributed by atoms with Gasteiger partial charge in [-0.15, -0.1) is 11.3 Å². The van der Waals surface area contributed by atoms with E-state index in [1.165, 1.54) is 6.08 Å². The predicted octanol–water partition coefficient (Wildman–Crippen LogP) is 6.39. The number of hydrogen-bond donors (Lipinski definition) is 0. The topological polar surface area (TPSA) is 104 Å². The second-order valence-corrected chi connectivity index (χ2v) is 8.73. The molecule has 0 atom stereocenters. The number of carbonyl (C=O) groups excluding carboxylic acids is 2. The summed E-state index contributed by atoms with van der Waals surface area (Å²) in [5, 5.41) is 20.0. The number of furan rings is 1. The van der Waals surface area contributed by atoms with Gasteiger partial charge in [0.2, 0.25) is 0 Å². The molecule has 2 aromatic heterocycles. The Morgan fingerprint density at radius 3 is 2.64 bits per heavy atom. The maximum Gasteiger partial charge on any atom is 0.348 e. The predicted molar refractivity (Wildman–Crippen MR) is 126 cm³/mol. The first-order valence-electron chi connectivity index (χ1n) is 9.68. The van der Waals surface area contributed by atoms with Gasteiger partial charge in [0.25, 0.3) is 0 Å².